The summed E-state index contributed by atoms with van der Waals surface area (Å²) in [7, 11) is 0. The zero-order valence-electron chi connectivity index (χ0n) is 17.7. The van der Waals surface area contributed by atoms with E-state index >= 15 is 0 Å². The molecule has 1 aliphatic carbocycles. The summed E-state index contributed by atoms with van der Waals surface area (Å²) in [5, 5.41) is 13.7. The summed E-state index contributed by atoms with van der Waals surface area (Å²) in [6.07, 6.45) is 2.02. The van der Waals surface area contributed by atoms with Crippen molar-refractivity contribution in [2.24, 2.45) is 17.8 Å². The number of amides is 3. The Kier molecular flexibility index (Phi) is 6.41. The fraction of sp³-hybridized carbons (Fsp3) is 0.348. The van der Waals surface area contributed by atoms with Crippen LogP contribution in [0.25, 0.3) is 0 Å². The molecule has 1 saturated heterocycles. The Hall–Kier alpha value is -2.97. The van der Waals surface area contributed by atoms with E-state index in [1.54, 1.807) is 12.1 Å². The molecule has 2 fully saturated rings. The summed E-state index contributed by atoms with van der Waals surface area (Å²) < 4.78 is 0. The number of halogens is 2. The molecule has 172 valence electrons. The quantitative estimate of drug-likeness (QED) is 0.338. The lowest BCUT2D eigenvalue weighted by Crippen LogP contribution is -2.49. The number of hydrogen-bond donors (Lipinski definition) is 0. The van der Waals surface area contributed by atoms with Crippen molar-refractivity contribution < 1.29 is 19.3 Å². The zero-order chi connectivity index (χ0) is 23.9. The SMILES string of the molecule is C[C@@H]1CC[C@@H]2C(=O)N(N(Cc3ccc(Cl)cc3Cl)C(=O)c3ccc([N+](=O)[O-])cc3)C(=O)[C@H]2C1. The Morgan fingerprint density at radius 2 is 1.76 bits per heavy atom. The second-order valence-corrected chi connectivity index (χ2v) is 9.37. The van der Waals surface area contributed by atoms with Gasteiger partial charge in [-0.2, -0.15) is 5.01 Å². The highest BCUT2D eigenvalue weighted by molar-refractivity contribution is 6.35. The molecule has 2 aliphatic rings. The van der Waals surface area contributed by atoms with Gasteiger partial charge < -0.3 is 0 Å². The van der Waals surface area contributed by atoms with E-state index in [1.165, 1.54) is 30.3 Å². The topological polar surface area (TPSA) is 101 Å². The molecule has 3 atom stereocenters. The van der Waals surface area contributed by atoms with Crippen LogP contribution in [0.5, 0.6) is 0 Å². The number of carbonyl (C=O) groups excluding carboxylic acids is 3. The van der Waals surface area contributed by atoms with E-state index < -0.39 is 34.5 Å². The molecule has 4 rings (SSSR count). The number of rotatable bonds is 5. The highest BCUT2D eigenvalue weighted by Gasteiger charge is 2.52. The van der Waals surface area contributed by atoms with Crippen LogP contribution in [0.15, 0.2) is 42.5 Å². The lowest BCUT2D eigenvalue weighted by Gasteiger charge is -2.31. The van der Waals surface area contributed by atoms with Crippen LogP contribution in [-0.4, -0.2) is 32.7 Å². The predicted molar refractivity (Wildman–Crippen MR) is 121 cm³/mol. The van der Waals surface area contributed by atoms with Gasteiger partial charge in [-0.15, -0.1) is 0 Å². The number of nitrogens with zero attached hydrogens (tertiary/aromatic N) is 3. The van der Waals surface area contributed by atoms with E-state index in [0.29, 0.717) is 29.3 Å². The minimum Gasteiger partial charge on any atom is -0.272 e. The highest BCUT2D eigenvalue weighted by Crippen LogP contribution is 2.41. The summed E-state index contributed by atoms with van der Waals surface area (Å²) in [5.41, 5.74) is 0.432. The first kappa shape index (κ1) is 23.2. The van der Waals surface area contributed by atoms with Crippen molar-refractivity contribution in [1.82, 2.24) is 10.0 Å². The number of benzene rings is 2. The standard InChI is InChI=1S/C23H21Cl2N3O5/c1-13-2-9-18-19(10-13)23(31)27(22(18)30)26(12-15-3-6-16(24)11-20(15)25)21(29)14-4-7-17(8-5-14)28(32)33/h3-8,11,13,18-19H,2,9-10,12H2,1H3/t13-,18+,19+/m1/s1. The Morgan fingerprint density at radius 3 is 2.39 bits per heavy atom. The van der Waals surface area contributed by atoms with Gasteiger partial charge in [-0.25, -0.2) is 5.01 Å². The molecule has 33 heavy (non-hydrogen) atoms. The molecule has 3 amide bonds. The third-order valence-corrected chi connectivity index (χ3v) is 6.89. The van der Waals surface area contributed by atoms with Gasteiger partial charge in [0.25, 0.3) is 23.4 Å². The third-order valence-electron chi connectivity index (χ3n) is 6.30. The van der Waals surface area contributed by atoms with Crippen molar-refractivity contribution in [1.29, 1.82) is 0 Å². The average Bonchev–Trinajstić information content (AvgIpc) is 3.02. The minimum absolute atomic E-state index is 0.106. The maximum atomic E-state index is 13.5. The number of imide groups is 1. The lowest BCUT2D eigenvalue weighted by molar-refractivity contribution is -0.384. The molecule has 0 spiro atoms. The monoisotopic (exact) mass is 489 g/mol. The summed E-state index contributed by atoms with van der Waals surface area (Å²) in [4.78, 5) is 50.5. The van der Waals surface area contributed by atoms with Crippen molar-refractivity contribution in [3.05, 3.63) is 73.8 Å². The first-order chi connectivity index (χ1) is 15.7. The van der Waals surface area contributed by atoms with Crippen molar-refractivity contribution in [2.75, 3.05) is 0 Å². The Morgan fingerprint density at radius 1 is 1.09 bits per heavy atom. The molecule has 10 heteroatoms. The zero-order valence-corrected chi connectivity index (χ0v) is 19.3. The van der Waals surface area contributed by atoms with Crippen LogP contribution in [0.4, 0.5) is 5.69 Å². The molecule has 1 saturated carbocycles. The molecule has 8 nitrogen and oxygen atoms in total. The number of non-ortho nitro benzene ring substituents is 1. The van der Waals surface area contributed by atoms with Crippen LogP contribution >= 0.6 is 23.2 Å². The molecule has 0 N–H and O–H groups in total. The van der Waals surface area contributed by atoms with Crippen LogP contribution in [0.1, 0.15) is 42.1 Å². The number of carbonyl (C=O) groups is 3. The minimum atomic E-state index is -0.635. The third kappa shape index (κ3) is 4.45. The predicted octanol–water partition coefficient (Wildman–Crippen LogP) is 4.88. The van der Waals surface area contributed by atoms with Gasteiger partial charge in [0, 0.05) is 27.7 Å². The molecule has 1 heterocycles. The van der Waals surface area contributed by atoms with E-state index in [0.717, 1.165) is 16.4 Å². The van der Waals surface area contributed by atoms with Crippen LogP contribution in [0, 0.1) is 27.9 Å². The van der Waals surface area contributed by atoms with Gasteiger partial charge in [0.15, 0.2) is 0 Å². The summed E-state index contributed by atoms with van der Waals surface area (Å²) in [5.74, 6) is -2.05. The molecular weight excluding hydrogens is 469 g/mol. The normalized spacial score (nSPS) is 22.3. The molecule has 2 aromatic carbocycles. The second kappa shape index (κ2) is 9.11. The maximum absolute atomic E-state index is 13.5. The fourth-order valence-corrected chi connectivity index (χ4v) is 5.00. The smallest absolute Gasteiger partial charge is 0.272 e. The van der Waals surface area contributed by atoms with Gasteiger partial charge in [-0.05, 0) is 55.0 Å². The number of hydrogen-bond acceptors (Lipinski definition) is 5. The van der Waals surface area contributed by atoms with E-state index in [9.17, 15) is 24.5 Å². The lowest BCUT2D eigenvalue weighted by atomic mass is 9.76. The van der Waals surface area contributed by atoms with E-state index in [1.807, 2.05) is 6.92 Å². The molecule has 0 unspecified atom stereocenters. The first-order valence-electron chi connectivity index (χ1n) is 10.6. The van der Waals surface area contributed by atoms with Crippen LogP contribution in [0.2, 0.25) is 10.0 Å². The van der Waals surface area contributed by atoms with E-state index in [4.69, 9.17) is 23.2 Å². The number of hydrazine groups is 1. The molecule has 2 aromatic rings. The van der Waals surface area contributed by atoms with Gasteiger partial charge in [0.05, 0.1) is 23.3 Å². The van der Waals surface area contributed by atoms with Crippen molar-refractivity contribution in [3.63, 3.8) is 0 Å². The van der Waals surface area contributed by atoms with Crippen LogP contribution in [-0.2, 0) is 16.1 Å². The number of fused-ring (bicyclic) bond motifs is 1. The largest absolute Gasteiger partial charge is 0.273 e. The van der Waals surface area contributed by atoms with Gasteiger partial charge in [0.1, 0.15) is 0 Å². The number of nitro benzene ring substituents is 1. The maximum Gasteiger partial charge on any atom is 0.273 e. The molecule has 0 radical (unpaired) electrons. The fourth-order valence-electron chi connectivity index (χ4n) is 4.53. The highest BCUT2D eigenvalue weighted by atomic mass is 35.5. The second-order valence-electron chi connectivity index (χ2n) is 8.52. The Balaban J connectivity index is 1.72. The van der Waals surface area contributed by atoms with E-state index in [2.05, 4.69) is 0 Å². The van der Waals surface area contributed by atoms with Crippen molar-refractivity contribution in [3.8, 4) is 0 Å². The van der Waals surface area contributed by atoms with Gasteiger partial charge >= 0.3 is 0 Å². The summed E-state index contributed by atoms with van der Waals surface area (Å²) in [6.45, 7) is 1.90. The first-order valence-corrected chi connectivity index (χ1v) is 11.3. The summed E-state index contributed by atoms with van der Waals surface area (Å²) >= 11 is 12.3. The molecular formula is C23H21Cl2N3O5. The summed E-state index contributed by atoms with van der Waals surface area (Å²) in [6, 6.07) is 9.76. The van der Waals surface area contributed by atoms with E-state index in [-0.39, 0.29) is 22.8 Å². The van der Waals surface area contributed by atoms with Gasteiger partial charge in [0.2, 0.25) is 0 Å². The van der Waals surface area contributed by atoms with Gasteiger partial charge in [-0.1, -0.05) is 36.2 Å². The molecule has 0 aromatic heterocycles. The van der Waals surface area contributed by atoms with Crippen LogP contribution in [0.3, 0.4) is 0 Å². The van der Waals surface area contributed by atoms with Crippen molar-refractivity contribution in [2.45, 2.75) is 32.7 Å². The molecule has 0 bridgehead atoms. The number of nitro groups is 1. The van der Waals surface area contributed by atoms with Crippen molar-refractivity contribution >= 4 is 46.6 Å². The Bertz CT molecular complexity index is 1140. The van der Waals surface area contributed by atoms with Gasteiger partial charge in [-0.3, -0.25) is 24.5 Å². The molecule has 1 aliphatic heterocycles. The van der Waals surface area contributed by atoms with Crippen LogP contribution < -0.4 is 0 Å². The Labute approximate surface area is 200 Å². The average molecular weight is 490 g/mol.